The Labute approximate surface area is 102 Å². The van der Waals surface area contributed by atoms with Crippen LogP contribution in [0.3, 0.4) is 0 Å². The number of aromatic nitrogens is 1. The maximum Gasteiger partial charge on any atom is 0.242 e. The molecule has 18 heavy (non-hydrogen) atoms. The van der Waals surface area contributed by atoms with E-state index in [0.717, 1.165) is 11.6 Å². The SMILES string of the molecule is [N-]=[N+]=NC(=O)C=Cc1ccc(-c2cccnc2)o1. The van der Waals surface area contributed by atoms with Crippen molar-refractivity contribution in [1.29, 1.82) is 0 Å². The van der Waals surface area contributed by atoms with Gasteiger partial charge in [0.1, 0.15) is 11.5 Å². The molecule has 0 unspecified atom stereocenters. The summed E-state index contributed by atoms with van der Waals surface area (Å²) >= 11 is 0. The molecule has 0 atom stereocenters. The Balaban J connectivity index is 2.16. The second-order valence-corrected chi connectivity index (χ2v) is 3.30. The second-order valence-electron chi connectivity index (χ2n) is 3.30. The number of carbonyl (C=O) groups excluding carboxylic acids is 1. The summed E-state index contributed by atoms with van der Waals surface area (Å²) in [5.74, 6) is 0.478. The molecule has 0 aromatic carbocycles. The first kappa shape index (κ1) is 11.6. The lowest BCUT2D eigenvalue weighted by Gasteiger charge is -1.93. The van der Waals surface area contributed by atoms with Gasteiger partial charge in [0, 0.05) is 22.9 Å². The van der Waals surface area contributed by atoms with Crippen LogP contribution >= 0.6 is 0 Å². The zero-order valence-electron chi connectivity index (χ0n) is 9.22. The number of carbonyl (C=O) groups is 1. The van der Waals surface area contributed by atoms with Gasteiger partial charge in [-0.05, 0) is 47.1 Å². The van der Waals surface area contributed by atoms with E-state index in [2.05, 4.69) is 15.0 Å². The zero-order chi connectivity index (χ0) is 12.8. The third-order valence-electron chi connectivity index (χ3n) is 2.11. The standard InChI is InChI=1S/C12H8N4O2/c13-16-15-12(17)6-4-10-3-5-11(18-10)9-2-1-7-14-8-9/h1-8H. The average molecular weight is 240 g/mol. The van der Waals surface area contributed by atoms with Crippen molar-refractivity contribution in [1.82, 2.24) is 4.98 Å². The quantitative estimate of drug-likeness (QED) is 0.357. The largest absolute Gasteiger partial charge is 0.457 e. The first-order valence-corrected chi connectivity index (χ1v) is 5.07. The van der Waals surface area contributed by atoms with Gasteiger partial charge in [-0.3, -0.25) is 9.78 Å². The summed E-state index contributed by atoms with van der Waals surface area (Å²) in [6.45, 7) is 0. The molecule has 2 aromatic heterocycles. The van der Waals surface area contributed by atoms with Crippen molar-refractivity contribution in [2.75, 3.05) is 0 Å². The fourth-order valence-electron chi connectivity index (χ4n) is 1.34. The highest BCUT2D eigenvalue weighted by atomic mass is 16.3. The molecule has 0 aliphatic heterocycles. The van der Waals surface area contributed by atoms with Crippen molar-refractivity contribution >= 4 is 12.0 Å². The minimum absolute atomic E-state index is 0.496. The highest BCUT2D eigenvalue weighted by Gasteiger charge is 2.02. The van der Waals surface area contributed by atoms with Crippen LogP contribution in [0.15, 0.2) is 52.3 Å². The summed E-state index contributed by atoms with van der Waals surface area (Å²) in [5.41, 5.74) is 8.91. The molecular weight excluding hydrogens is 232 g/mol. The molecule has 0 spiro atoms. The minimum atomic E-state index is -0.670. The summed E-state index contributed by atoms with van der Waals surface area (Å²) in [6, 6.07) is 7.15. The molecule has 0 saturated carbocycles. The molecule has 6 nitrogen and oxygen atoms in total. The Morgan fingerprint density at radius 1 is 1.44 bits per heavy atom. The number of pyridine rings is 1. The van der Waals surface area contributed by atoms with Gasteiger partial charge >= 0.3 is 0 Å². The monoisotopic (exact) mass is 240 g/mol. The number of nitrogens with zero attached hydrogens (tertiary/aromatic N) is 4. The number of rotatable bonds is 3. The van der Waals surface area contributed by atoms with Gasteiger partial charge in [-0.2, -0.15) is 0 Å². The van der Waals surface area contributed by atoms with Crippen molar-refractivity contribution < 1.29 is 9.21 Å². The summed E-state index contributed by atoms with van der Waals surface area (Å²) in [5, 5.41) is 2.91. The van der Waals surface area contributed by atoms with E-state index >= 15 is 0 Å². The summed E-state index contributed by atoms with van der Waals surface area (Å²) in [6.07, 6.45) is 5.94. The van der Waals surface area contributed by atoms with E-state index in [9.17, 15) is 4.79 Å². The van der Waals surface area contributed by atoms with Gasteiger partial charge in [0.15, 0.2) is 0 Å². The Morgan fingerprint density at radius 3 is 3.06 bits per heavy atom. The third kappa shape index (κ3) is 2.84. The van der Waals surface area contributed by atoms with E-state index in [1.54, 1.807) is 30.6 Å². The van der Waals surface area contributed by atoms with Gasteiger partial charge in [0.05, 0.1) is 0 Å². The third-order valence-corrected chi connectivity index (χ3v) is 2.11. The van der Waals surface area contributed by atoms with Crippen LogP contribution in [0.25, 0.3) is 27.8 Å². The van der Waals surface area contributed by atoms with E-state index in [-0.39, 0.29) is 0 Å². The van der Waals surface area contributed by atoms with Crippen LogP contribution < -0.4 is 0 Å². The molecule has 88 valence electrons. The van der Waals surface area contributed by atoms with Crippen LogP contribution in [-0.4, -0.2) is 10.9 Å². The smallest absolute Gasteiger partial charge is 0.242 e. The Hall–Kier alpha value is -2.85. The normalized spacial score (nSPS) is 10.2. The molecule has 2 rings (SSSR count). The van der Waals surface area contributed by atoms with E-state index in [4.69, 9.17) is 9.95 Å². The van der Waals surface area contributed by atoms with E-state index in [1.165, 1.54) is 6.08 Å². The number of hydrogen-bond acceptors (Lipinski definition) is 3. The first-order valence-electron chi connectivity index (χ1n) is 5.07. The minimum Gasteiger partial charge on any atom is -0.457 e. The Morgan fingerprint density at radius 2 is 2.33 bits per heavy atom. The molecule has 0 fully saturated rings. The van der Waals surface area contributed by atoms with Gasteiger partial charge in [0.25, 0.3) is 0 Å². The molecular formula is C12H8N4O2. The number of amides is 1. The lowest BCUT2D eigenvalue weighted by atomic mass is 10.2. The number of azide groups is 1. The van der Waals surface area contributed by atoms with Crippen LogP contribution in [0, 0.1) is 0 Å². The Kier molecular flexibility index (Phi) is 3.53. The average Bonchev–Trinajstić information content (AvgIpc) is 2.87. The Bertz CT molecular complexity index is 625. The number of hydrogen-bond donors (Lipinski definition) is 0. The summed E-state index contributed by atoms with van der Waals surface area (Å²) in [4.78, 5) is 17.3. The topological polar surface area (TPSA) is 91.9 Å². The van der Waals surface area contributed by atoms with Gasteiger partial charge < -0.3 is 4.42 Å². The molecule has 6 heteroatoms. The molecule has 0 bridgehead atoms. The summed E-state index contributed by atoms with van der Waals surface area (Å²) < 4.78 is 5.48. The van der Waals surface area contributed by atoms with Gasteiger partial charge in [-0.15, -0.1) is 0 Å². The van der Waals surface area contributed by atoms with Gasteiger partial charge in [-0.1, -0.05) is 0 Å². The molecule has 0 radical (unpaired) electrons. The fourth-order valence-corrected chi connectivity index (χ4v) is 1.34. The van der Waals surface area contributed by atoms with E-state index < -0.39 is 5.91 Å². The maximum atomic E-state index is 10.9. The van der Waals surface area contributed by atoms with E-state index in [1.807, 2.05) is 6.07 Å². The van der Waals surface area contributed by atoms with Crippen molar-refractivity contribution in [3.63, 3.8) is 0 Å². The van der Waals surface area contributed by atoms with Gasteiger partial charge in [-0.25, -0.2) is 0 Å². The highest BCUT2D eigenvalue weighted by Crippen LogP contribution is 2.21. The zero-order valence-corrected chi connectivity index (χ0v) is 9.22. The molecule has 0 N–H and O–H groups in total. The predicted octanol–water partition coefficient (Wildman–Crippen LogP) is 3.19. The van der Waals surface area contributed by atoms with Crippen molar-refractivity contribution in [3.05, 3.63) is 58.9 Å². The first-order chi connectivity index (χ1) is 8.79. The van der Waals surface area contributed by atoms with Crippen molar-refractivity contribution in [3.8, 4) is 11.3 Å². The lowest BCUT2D eigenvalue weighted by Crippen LogP contribution is -1.81. The molecule has 2 aromatic rings. The van der Waals surface area contributed by atoms with Crippen LogP contribution in [0.5, 0.6) is 0 Å². The van der Waals surface area contributed by atoms with Crippen molar-refractivity contribution in [2.24, 2.45) is 5.11 Å². The van der Waals surface area contributed by atoms with Crippen LogP contribution in [0.1, 0.15) is 5.76 Å². The van der Waals surface area contributed by atoms with Crippen molar-refractivity contribution in [2.45, 2.75) is 0 Å². The van der Waals surface area contributed by atoms with Crippen LogP contribution in [0.2, 0.25) is 0 Å². The predicted molar refractivity (Wildman–Crippen MR) is 65.1 cm³/mol. The maximum absolute atomic E-state index is 10.9. The van der Waals surface area contributed by atoms with Gasteiger partial charge in [0.2, 0.25) is 5.91 Å². The van der Waals surface area contributed by atoms with E-state index in [0.29, 0.717) is 11.5 Å². The highest BCUT2D eigenvalue weighted by molar-refractivity contribution is 5.92. The molecule has 2 heterocycles. The lowest BCUT2D eigenvalue weighted by molar-refractivity contribution is -0.113. The van der Waals surface area contributed by atoms with Crippen LogP contribution in [-0.2, 0) is 4.79 Å². The molecule has 0 aliphatic carbocycles. The van der Waals surface area contributed by atoms with Crippen LogP contribution in [0.4, 0.5) is 0 Å². The molecule has 0 aliphatic rings. The summed E-state index contributed by atoms with van der Waals surface area (Å²) in [7, 11) is 0. The fraction of sp³-hybridized carbons (Fsp3) is 0. The molecule has 1 amide bonds. The second kappa shape index (κ2) is 5.47. The number of furan rings is 1. The molecule has 0 saturated heterocycles.